The Morgan fingerprint density at radius 1 is 1.19 bits per heavy atom. The van der Waals surface area contributed by atoms with Gasteiger partial charge >= 0.3 is 0 Å². The van der Waals surface area contributed by atoms with Gasteiger partial charge < -0.3 is 25.4 Å². The second kappa shape index (κ2) is 10.1. The number of likely N-dealkylation sites (tertiary alicyclic amines) is 1. The fourth-order valence-corrected chi connectivity index (χ4v) is 6.65. The van der Waals surface area contributed by atoms with Crippen LogP contribution in [-0.4, -0.2) is 58.1 Å². The van der Waals surface area contributed by atoms with Crippen molar-refractivity contribution in [2.75, 3.05) is 11.9 Å². The van der Waals surface area contributed by atoms with Crippen LogP contribution in [0.1, 0.15) is 37.3 Å². The van der Waals surface area contributed by atoms with Crippen molar-refractivity contribution in [2.45, 2.75) is 63.4 Å². The molecule has 0 aliphatic carbocycles. The molecule has 2 aromatic rings. The number of hydrogen-bond donors (Lipinski definition) is 3. The van der Waals surface area contributed by atoms with Gasteiger partial charge in [0.05, 0.1) is 41.3 Å². The number of ether oxygens (including phenoxy) is 1. The summed E-state index contributed by atoms with van der Waals surface area (Å²) in [7, 11) is 0. The molecule has 3 N–H and O–H groups in total. The minimum absolute atomic E-state index is 0.256. The molecule has 3 aliphatic rings. The van der Waals surface area contributed by atoms with Crippen LogP contribution in [0.5, 0.6) is 0 Å². The number of fused-ring (bicyclic) bond motifs is 1. The quantitative estimate of drug-likeness (QED) is 0.491. The van der Waals surface area contributed by atoms with Crippen LogP contribution in [0, 0.1) is 18.8 Å². The van der Waals surface area contributed by atoms with E-state index in [2.05, 4.69) is 10.6 Å². The van der Waals surface area contributed by atoms with Crippen molar-refractivity contribution in [3.05, 3.63) is 64.7 Å². The largest absolute Gasteiger partial charge is 0.394 e. The number of hydrogen-bond acceptors (Lipinski definition) is 5. The third-order valence-corrected chi connectivity index (χ3v) is 8.46. The number of nitrogens with zero attached hydrogens (tertiary/aromatic N) is 1. The molecule has 0 radical (unpaired) electrons. The molecule has 2 bridgehead atoms. The van der Waals surface area contributed by atoms with Crippen LogP contribution in [-0.2, 0) is 25.7 Å². The molecule has 3 saturated heterocycles. The summed E-state index contributed by atoms with van der Waals surface area (Å²) >= 11 is 6.38. The Morgan fingerprint density at radius 3 is 2.62 bits per heavy atom. The number of halogens is 1. The molecular formula is C28H32ClN3O5. The number of aryl methyl sites for hydroxylation is 1. The molecule has 3 fully saturated rings. The molecule has 2 unspecified atom stereocenters. The maximum absolute atomic E-state index is 14.0. The zero-order valence-electron chi connectivity index (χ0n) is 20.9. The predicted molar refractivity (Wildman–Crippen MR) is 139 cm³/mol. The van der Waals surface area contributed by atoms with Crippen molar-refractivity contribution >= 4 is 35.0 Å². The molecule has 0 aromatic heterocycles. The Kier molecular flexibility index (Phi) is 7.00. The van der Waals surface area contributed by atoms with E-state index in [0.29, 0.717) is 36.5 Å². The lowest BCUT2D eigenvalue weighted by atomic mass is 9.70. The predicted octanol–water partition coefficient (Wildman–Crippen LogP) is 3.05. The number of rotatable bonds is 8. The Morgan fingerprint density at radius 2 is 1.95 bits per heavy atom. The summed E-state index contributed by atoms with van der Waals surface area (Å²) in [6.07, 6.45) is 1.06. The van der Waals surface area contributed by atoms with Gasteiger partial charge in [0.25, 0.3) is 0 Å². The smallest absolute Gasteiger partial charge is 0.250 e. The maximum Gasteiger partial charge on any atom is 0.250 e. The lowest BCUT2D eigenvalue weighted by molar-refractivity contribution is -0.144. The van der Waals surface area contributed by atoms with Crippen LogP contribution in [0.15, 0.2) is 48.5 Å². The van der Waals surface area contributed by atoms with Gasteiger partial charge in [-0.1, -0.05) is 61.0 Å². The first-order chi connectivity index (χ1) is 17.8. The maximum atomic E-state index is 14.0. The number of benzene rings is 2. The van der Waals surface area contributed by atoms with Crippen molar-refractivity contribution in [1.82, 2.24) is 10.2 Å². The van der Waals surface area contributed by atoms with Crippen LogP contribution in [0.2, 0.25) is 5.02 Å². The number of carbonyl (C=O) groups is 3. The van der Waals surface area contributed by atoms with E-state index in [9.17, 15) is 19.5 Å². The SMILES string of the molecule is CC[C@@H](CO)N1C(=O)[C@@H]2[C@@H](C(=O)NCc3ccccc3)[C@H]3CCC2(O3)C1C(=O)Nc1c(C)cccc1Cl. The number of aliphatic hydroxyl groups excluding tert-OH is 1. The van der Waals surface area contributed by atoms with Gasteiger partial charge in [0.15, 0.2) is 0 Å². The molecule has 37 heavy (non-hydrogen) atoms. The van der Waals surface area contributed by atoms with Gasteiger partial charge in [0.2, 0.25) is 17.7 Å². The van der Waals surface area contributed by atoms with Gasteiger partial charge in [-0.2, -0.15) is 0 Å². The zero-order valence-corrected chi connectivity index (χ0v) is 21.7. The minimum atomic E-state index is -1.14. The van der Waals surface area contributed by atoms with E-state index in [1.807, 2.05) is 50.2 Å². The van der Waals surface area contributed by atoms with Gasteiger partial charge in [0.1, 0.15) is 11.6 Å². The molecule has 5 rings (SSSR count). The molecule has 196 valence electrons. The Balaban J connectivity index is 1.47. The summed E-state index contributed by atoms with van der Waals surface area (Å²) in [5, 5.41) is 16.4. The number of para-hydroxylation sites is 1. The first-order valence-corrected chi connectivity index (χ1v) is 13.2. The van der Waals surface area contributed by atoms with Crippen molar-refractivity contribution in [2.24, 2.45) is 11.8 Å². The number of carbonyl (C=O) groups excluding carboxylic acids is 3. The van der Waals surface area contributed by atoms with Gasteiger partial charge in [-0.3, -0.25) is 14.4 Å². The second-order valence-corrected chi connectivity index (χ2v) is 10.6. The van der Waals surface area contributed by atoms with Crippen molar-refractivity contribution in [1.29, 1.82) is 0 Å². The average molecular weight is 526 g/mol. The fourth-order valence-electron chi connectivity index (χ4n) is 6.38. The molecule has 3 amide bonds. The normalized spacial score (nSPS) is 28.8. The highest BCUT2D eigenvalue weighted by Crippen LogP contribution is 2.59. The molecule has 3 heterocycles. The summed E-state index contributed by atoms with van der Waals surface area (Å²) in [6.45, 7) is 3.74. The molecule has 6 atom stereocenters. The Hall–Kier alpha value is -2.94. The second-order valence-electron chi connectivity index (χ2n) is 10.2. The first-order valence-electron chi connectivity index (χ1n) is 12.8. The van der Waals surface area contributed by atoms with Crippen LogP contribution >= 0.6 is 11.6 Å². The third kappa shape index (κ3) is 4.21. The lowest BCUT2D eigenvalue weighted by Gasteiger charge is -2.36. The monoisotopic (exact) mass is 525 g/mol. The lowest BCUT2D eigenvalue weighted by Crippen LogP contribution is -2.56. The molecule has 0 saturated carbocycles. The molecule has 1 spiro atoms. The van der Waals surface area contributed by atoms with Crippen LogP contribution in [0.3, 0.4) is 0 Å². The van der Waals surface area contributed by atoms with E-state index in [4.69, 9.17) is 16.3 Å². The Bertz CT molecular complexity index is 1180. The van der Waals surface area contributed by atoms with E-state index in [1.54, 1.807) is 12.1 Å². The van der Waals surface area contributed by atoms with E-state index in [0.717, 1.165) is 11.1 Å². The summed E-state index contributed by atoms with van der Waals surface area (Å²) < 4.78 is 6.44. The summed E-state index contributed by atoms with van der Waals surface area (Å²) in [5.74, 6) is -2.51. The Labute approximate surface area is 221 Å². The number of nitrogens with one attached hydrogen (secondary N) is 2. The average Bonchev–Trinajstić information content (AvgIpc) is 3.54. The first kappa shape index (κ1) is 25.7. The van der Waals surface area contributed by atoms with E-state index in [1.165, 1.54) is 4.90 Å². The fraction of sp³-hybridized carbons (Fsp3) is 0.464. The molecular weight excluding hydrogens is 494 g/mol. The van der Waals surface area contributed by atoms with Crippen molar-refractivity contribution in [3.8, 4) is 0 Å². The van der Waals surface area contributed by atoms with E-state index >= 15 is 0 Å². The van der Waals surface area contributed by atoms with Crippen molar-refractivity contribution < 1.29 is 24.2 Å². The highest BCUT2D eigenvalue weighted by molar-refractivity contribution is 6.34. The highest BCUT2D eigenvalue weighted by Gasteiger charge is 2.75. The molecule has 8 nitrogen and oxygen atoms in total. The van der Waals surface area contributed by atoms with Crippen LogP contribution < -0.4 is 10.6 Å². The van der Waals surface area contributed by atoms with Crippen LogP contribution in [0.4, 0.5) is 5.69 Å². The number of amides is 3. The van der Waals surface area contributed by atoms with Gasteiger partial charge in [-0.25, -0.2) is 0 Å². The highest BCUT2D eigenvalue weighted by atomic mass is 35.5. The van der Waals surface area contributed by atoms with Crippen molar-refractivity contribution in [3.63, 3.8) is 0 Å². The summed E-state index contributed by atoms with van der Waals surface area (Å²) in [4.78, 5) is 42.8. The standard InChI is InChI=1S/C28H32ClN3O5/c1-3-18(15-33)32-24(26(35)31-23-16(2)8-7-11-19(23)29)28-13-12-20(37-28)21(22(28)27(32)36)25(34)30-14-17-9-5-4-6-10-17/h4-11,18,20-22,24,33H,3,12-15H2,1-2H3,(H,30,34)(H,31,35)/t18-,20+,21-,22-,24?,28?/m0/s1. The van der Waals surface area contributed by atoms with Crippen LogP contribution in [0.25, 0.3) is 0 Å². The van der Waals surface area contributed by atoms with Gasteiger partial charge in [-0.05, 0) is 43.4 Å². The molecule has 2 aromatic carbocycles. The van der Waals surface area contributed by atoms with E-state index < -0.39 is 41.5 Å². The van der Waals surface area contributed by atoms with Gasteiger partial charge in [0, 0.05) is 6.54 Å². The third-order valence-electron chi connectivity index (χ3n) is 8.14. The summed E-state index contributed by atoms with van der Waals surface area (Å²) in [6, 6.07) is 13.3. The number of anilines is 1. The topological polar surface area (TPSA) is 108 Å². The minimum Gasteiger partial charge on any atom is -0.394 e. The molecule has 9 heteroatoms. The van der Waals surface area contributed by atoms with E-state index in [-0.39, 0.29) is 18.4 Å². The zero-order chi connectivity index (χ0) is 26.3. The number of aliphatic hydroxyl groups is 1. The summed E-state index contributed by atoms with van der Waals surface area (Å²) in [5.41, 5.74) is 1.07. The van der Waals surface area contributed by atoms with Gasteiger partial charge in [-0.15, -0.1) is 0 Å². The molecule has 3 aliphatic heterocycles.